The van der Waals surface area contributed by atoms with Crippen LogP contribution in [0.15, 0.2) is 18.7 Å². The molecule has 1 aliphatic carbocycles. The molecule has 0 spiro atoms. The minimum absolute atomic E-state index is 0.580. The SMILES string of the molecule is CCNC1CCCCCCCCCCC1n1ccnc1. The largest absolute Gasteiger partial charge is 0.333 e. The zero-order chi connectivity index (χ0) is 14.0. The Bertz CT molecular complexity index is 334. The molecular formula is C17H31N3. The van der Waals surface area contributed by atoms with Crippen LogP contribution in [0, 0.1) is 0 Å². The standard InChI is InChI=1S/C17H31N3/c1-2-19-16-11-9-7-5-3-4-6-8-10-12-17(16)20-14-13-18-15-20/h13-17,19H,2-12H2,1H3. The van der Waals surface area contributed by atoms with Gasteiger partial charge >= 0.3 is 0 Å². The molecule has 2 atom stereocenters. The Morgan fingerprint density at radius 1 is 1.00 bits per heavy atom. The lowest BCUT2D eigenvalue weighted by atomic mass is 9.93. The van der Waals surface area contributed by atoms with E-state index in [0.717, 1.165) is 6.54 Å². The van der Waals surface area contributed by atoms with Gasteiger partial charge in [0.05, 0.1) is 6.33 Å². The number of nitrogens with zero attached hydrogens (tertiary/aromatic N) is 2. The lowest BCUT2D eigenvalue weighted by Crippen LogP contribution is -2.37. The van der Waals surface area contributed by atoms with Crippen LogP contribution in [0.1, 0.15) is 77.2 Å². The van der Waals surface area contributed by atoms with Gasteiger partial charge in [-0.1, -0.05) is 58.3 Å². The highest BCUT2D eigenvalue weighted by Gasteiger charge is 2.21. The van der Waals surface area contributed by atoms with Crippen LogP contribution in [0.5, 0.6) is 0 Å². The maximum atomic E-state index is 4.26. The van der Waals surface area contributed by atoms with E-state index in [-0.39, 0.29) is 0 Å². The highest BCUT2D eigenvalue weighted by Crippen LogP contribution is 2.25. The summed E-state index contributed by atoms with van der Waals surface area (Å²) in [5.41, 5.74) is 0. The third kappa shape index (κ3) is 4.93. The first-order chi connectivity index (χ1) is 9.92. The minimum atomic E-state index is 0.580. The molecule has 1 aromatic rings. The quantitative estimate of drug-likeness (QED) is 0.892. The number of nitrogens with one attached hydrogen (secondary N) is 1. The van der Waals surface area contributed by atoms with Crippen LogP contribution in [-0.4, -0.2) is 22.1 Å². The van der Waals surface area contributed by atoms with Crippen molar-refractivity contribution in [2.75, 3.05) is 6.54 Å². The number of likely N-dealkylation sites (N-methyl/N-ethyl adjacent to an activating group) is 1. The lowest BCUT2D eigenvalue weighted by molar-refractivity contribution is 0.299. The Morgan fingerprint density at radius 3 is 2.25 bits per heavy atom. The van der Waals surface area contributed by atoms with Crippen molar-refractivity contribution in [3.8, 4) is 0 Å². The molecule has 1 fully saturated rings. The smallest absolute Gasteiger partial charge is 0.0949 e. The molecule has 114 valence electrons. The summed E-state index contributed by atoms with van der Waals surface area (Å²) in [4.78, 5) is 4.26. The lowest BCUT2D eigenvalue weighted by Gasteiger charge is -2.29. The van der Waals surface area contributed by atoms with Gasteiger partial charge < -0.3 is 9.88 Å². The van der Waals surface area contributed by atoms with Crippen molar-refractivity contribution in [1.29, 1.82) is 0 Å². The van der Waals surface area contributed by atoms with Crippen molar-refractivity contribution in [2.45, 2.75) is 83.2 Å². The molecular weight excluding hydrogens is 246 g/mol. The van der Waals surface area contributed by atoms with Gasteiger partial charge in [0, 0.05) is 24.5 Å². The topological polar surface area (TPSA) is 29.9 Å². The van der Waals surface area contributed by atoms with Gasteiger partial charge in [0.1, 0.15) is 0 Å². The van der Waals surface area contributed by atoms with Crippen LogP contribution in [0.25, 0.3) is 0 Å². The van der Waals surface area contributed by atoms with Gasteiger partial charge in [0.25, 0.3) is 0 Å². The van der Waals surface area contributed by atoms with Crippen molar-refractivity contribution in [3.63, 3.8) is 0 Å². The predicted molar refractivity (Wildman–Crippen MR) is 84.9 cm³/mol. The maximum absolute atomic E-state index is 4.26. The zero-order valence-electron chi connectivity index (χ0n) is 13.1. The van der Waals surface area contributed by atoms with E-state index < -0.39 is 0 Å². The van der Waals surface area contributed by atoms with E-state index in [1.165, 1.54) is 64.2 Å². The van der Waals surface area contributed by atoms with Crippen LogP contribution < -0.4 is 5.32 Å². The second-order valence-corrected chi connectivity index (χ2v) is 6.15. The highest BCUT2D eigenvalue weighted by molar-refractivity contribution is 4.87. The molecule has 2 unspecified atom stereocenters. The third-order valence-electron chi connectivity index (χ3n) is 4.60. The average Bonchev–Trinajstić information content (AvgIpc) is 2.96. The molecule has 1 saturated carbocycles. The molecule has 1 N–H and O–H groups in total. The van der Waals surface area contributed by atoms with Gasteiger partial charge in [-0.15, -0.1) is 0 Å². The summed E-state index contributed by atoms with van der Waals surface area (Å²) < 4.78 is 2.33. The predicted octanol–water partition coefficient (Wildman–Crippen LogP) is 4.32. The molecule has 0 aliphatic heterocycles. The number of aromatic nitrogens is 2. The van der Waals surface area contributed by atoms with Crippen molar-refractivity contribution in [1.82, 2.24) is 14.9 Å². The molecule has 2 rings (SSSR count). The van der Waals surface area contributed by atoms with Gasteiger partial charge in [-0.2, -0.15) is 0 Å². The summed E-state index contributed by atoms with van der Waals surface area (Å²) in [7, 11) is 0. The van der Waals surface area contributed by atoms with Crippen molar-refractivity contribution < 1.29 is 0 Å². The molecule has 1 heterocycles. The minimum Gasteiger partial charge on any atom is -0.333 e. The fraction of sp³-hybridized carbons (Fsp3) is 0.824. The molecule has 0 amide bonds. The van der Waals surface area contributed by atoms with Gasteiger partial charge in [-0.05, 0) is 19.4 Å². The second kappa shape index (κ2) is 9.17. The van der Waals surface area contributed by atoms with E-state index in [0.29, 0.717) is 12.1 Å². The second-order valence-electron chi connectivity index (χ2n) is 6.15. The van der Waals surface area contributed by atoms with Crippen molar-refractivity contribution in [3.05, 3.63) is 18.7 Å². The monoisotopic (exact) mass is 277 g/mol. The molecule has 0 radical (unpaired) electrons. The van der Waals surface area contributed by atoms with E-state index in [4.69, 9.17) is 0 Å². The molecule has 3 nitrogen and oxygen atoms in total. The van der Waals surface area contributed by atoms with E-state index in [1.807, 2.05) is 12.5 Å². The van der Waals surface area contributed by atoms with Crippen LogP contribution >= 0.6 is 0 Å². The normalized spacial score (nSPS) is 26.6. The van der Waals surface area contributed by atoms with E-state index in [1.54, 1.807) is 0 Å². The van der Waals surface area contributed by atoms with Crippen molar-refractivity contribution in [2.24, 2.45) is 0 Å². The number of rotatable bonds is 3. The van der Waals surface area contributed by atoms with Crippen molar-refractivity contribution >= 4 is 0 Å². The summed E-state index contributed by atoms with van der Waals surface area (Å²) in [6.07, 6.45) is 19.9. The fourth-order valence-electron chi connectivity index (χ4n) is 3.49. The van der Waals surface area contributed by atoms with Crippen LogP contribution in [0.2, 0.25) is 0 Å². The summed E-state index contributed by atoms with van der Waals surface area (Å²) in [6, 6.07) is 1.19. The molecule has 3 heteroatoms. The first-order valence-electron chi connectivity index (χ1n) is 8.62. The Morgan fingerprint density at radius 2 is 1.65 bits per heavy atom. The highest BCUT2D eigenvalue weighted by atomic mass is 15.1. The summed E-state index contributed by atoms with van der Waals surface area (Å²) in [5, 5.41) is 3.73. The summed E-state index contributed by atoms with van der Waals surface area (Å²) in [6.45, 7) is 3.29. The van der Waals surface area contributed by atoms with Gasteiger partial charge in [-0.3, -0.25) is 0 Å². The number of imidazole rings is 1. The third-order valence-corrected chi connectivity index (χ3v) is 4.60. The number of hydrogen-bond acceptors (Lipinski definition) is 2. The molecule has 0 bridgehead atoms. The van der Waals surface area contributed by atoms with E-state index in [2.05, 4.69) is 28.0 Å². The van der Waals surface area contributed by atoms with Crippen LogP contribution in [0.3, 0.4) is 0 Å². The molecule has 1 aromatic heterocycles. The molecule has 1 aliphatic rings. The van der Waals surface area contributed by atoms with Crippen LogP contribution in [0.4, 0.5) is 0 Å². The van der Waals surface area contributed by atoms with Gasteiger partial charge in [-0.25, -0.2) is 4.98 Å². The summed E-state index contributed by atoms with van der Waals surface area (Å²) >= 11 is 0. The first kappa shape index (κ1) is 15.6. The van der Waals surface area contributed by atoms with E-state index in [9.17, 15) is 0 Å². The van der Waals surface area contributed by atoms with Crippen LogP contribution in [-0.2, 0) is 0 Å². The Balaban J connectivity index is 2.02. The molecule has 0 aromatic carbocycles. The van der Waals surface area contributed by atoms with Gasteiger partial charge in [0.2, 0.25) is 0 Å². The fourth-order valence-corrected chi connectivity index (χ4v) is 3.49. The Hall–Kier alpha value is -0.830. The average molecular weight is 277 g/mol. The number of hydrogen-bond donors (Lipinski definition) is 1. The van der Waals surface area contributed by atoms with E-state index >= 15 is 0 Å². The first-order valence-corrected chi connectivity index (χ1v) is 8.62. The van der Waals surface area contributed by atoms with Gasteiger partial charge in [0.15, 0.2) is 0 Å². The Labute approximate surface area is 124 Å². The summed E-state index contributed by atoms with van der Waals surface area (Å²) in [5.74, 6) is 0. The maximum Gasteiger partial charge on any atom is 0.0949 e. The Kier molecular flexibility index (Phi) is 7.13. The molecule has 0 saturated heterocycles. The zero-order valence-corrected chi connectivity index (χ0v) is 13.1. The molecule has 20 heavy (non-hydrogen) atoms.